The second kappa shape index (κ2) is 2.72. The van der Waals surface area contributed by atoms with E-state index in [9.17, 15) is 9.90 Å². The molecule has 2 N–H and O–H groups in total. The Kier molecular flexibility index (Phi) is 1.78. The molecule has 68 valence electrons. The number of carbonyl (C=O) groups is 1. The molecule has 1 amide bonds. The summed E-state index contributed by atoms with van der Waals surface area (Å²) in [7, 11) is 0. The third-order valence-electron chi connectivity index (χ3n) is 2.17. The summed E-state index contributed by atoms with van der Waals surface area (Å²) in [6, 6.07) is 3.48. The number of benzene rings is 1. The van der Waals surface area contributed by atoms with Gasteiger partial charge in [-0.3, -0.25) is 4.79 Å². The van der Waals surface area contributed by atoms with Crippen LogP contribution in [-0.2, 0) is 4.79 Å². The first-order valence-corrected chi connectivity index (χ1v) is 4.27. The molecule has 1 heterocycles. The Morgan fingerprint density at radius 1 is 1.54 bits per heavy atom. The van der Waals surface area contributed by atoms with Gasteiger partial charge in [-0.05, 0) is 18.6 Å². The number of hydrogen-bond acceptors (Lipinski definition) is 2. The number of anilines is 1. The van der Waals surface area contributed by atoms with Crippen molar-refractivity contribution < 1.29 is 9.90 Å². The molecule has 4 heteroatoms. The number of fused-ring (bicyclic) bond motifs is 1. The van der Waals surface area contributed by atoms with Crippen LogP contribution in [0.15, 0.2) is 12.1 Å². The van der Waals surface area contributed by atoms with Gasteiger partial charge in [0.15, 0.2) is 6.10 Å². The molecular weight excluding hydrogens is 190 g/mol. The molecular formula is C9H8ClNO2. The zero-order chi connectivity index (χ0) is 9.59. The number of halogens is 1. The first-order chi connectivity index (χ1) is 6.11. The second-order valence-electron chi connectivity index (χ2n) is 3.04. The fourth-order valence-electron chi connectivity index (χ4n) is 1.46. The van der Waals surface area contributed by atoms with Crippen LogP contribution in [0.1, 0.15) is 17.2 Å². The van der Waals surface area contributed by atoms with E-state index < -0.39 is 12.0 Å². The highest BCUT2D eigenvalue weighted by atomic mass is 35.5. The highest BCUT2D eigenvalue weighted by Crippen LogP contribution is 2.38. The Hall–Kier alpha value is -1.06. The number of hydrogen-bond donors (Lipinski definition) is 2. The fourth-order valence-corrected chi connectivity index (χ4v) is 1.72. The third-order valence-corrected chi connectivity index (χ3v) is 2.50. The molecule has 0 aromatic heterocycles. The maximum atomic E-state index is 11.1. The van der Waals surface area contributed by atoms with Crippen LogP contribution >= 0.6 is 11.6 Å². The van der Waals surface area contributed by atoms with E-state index in [2.05, 4.69) is 5.32 Å². The molecule has 0 saturated carbocycles. The van der Waals surface area contributed by atoms with E-state index in [1.54, 1.807) is 12.1 Å². The van der Waals surface area contributed by atoms with E-state index >= 15 is 0 Å². The van der Waals surface area contributed by atoms with Crippen molar-refractivity contribution in [3.05, 3.63) is 28.3 Å². The number of aryl methyl sites for hydroxylation is 1. The topological polar surface area (TPSA) is 49.3 Å². The summed E-state index contributed by atoms with van der Waals surface area (Å²) < 4.78 is 0. The van der Waals surface area contributed by atoms with Gasteiger partial charge in [0.2, 0.25) is 0 Å². The van der Waals surface area contributed by atoms with Crippen molar-refractivity contribution in [1.82, 2.24) is 0 Å². The summed E-state index contributed by atoms with van der Waals surface area (Å²) in [5, 5.41) is 12.5. The molecule has 1 aromatic rings. The molecule has 2 rings (SSSR count). The van der Waals surface area contributed by atoms with Crippen LogP contribution in [-0.4, -0.2) is 11.0 Å². The molecule has 1 atom stereocenters. The van der Waals surface area contributed by atoms with Crippen molar-refractivity contribution in [2.75, 3.05) is 5.32 Å². The van der Waals surface area contributed by atoms with Gasteiger partial charge in [0.25, 0.3) is 5.91 Å². The summed E-state index contributed by atoms with van der Waals surface area (Å²) >= 11 is 5.85. The zero-order valence-electron chi connectivity index (χ0n) is 6.97. The Bertz CT molecular complexity index is 389. The molecule has 0 spiro atoms. The van der Waals surface area contributed by atoms with E-state index in [0.717, 1.165) is 5.56 Å². The number of amides is 1. The largest absolute Gasteiger partial charge is 0.378 e. The summed E-state index contributed by atoms with van der Waals surface area (Å²) in [5.41, 5.74) is 2.04. The number of aliphatic hydroxyl groups excluding tert-OH is 1. The fraction of sp³-hybridized carbons (Fsp3) is 0.222. The van der Waals surface area contributed by atoms with Crippen molar-refractivity contribution in [2.45, 2.75) is 13.0 Å². The molecule has 1 aliphatic heterocycles. The van der Waals surface area contributed by atoms with Crippen molar-refractivity contribution in [2.24, 2.45) is 0 Å². The smallest absolute Gasteiger partial charge is 0.258 e. The predicted octanol–water partition coefficient (Wildman–Crippen LogP) is 1.63. The molecule has 0 fully saturated rings. The zero-order valence-corrected chi connectivity index (χ0v) is 7.72. The maximum Gasteiger partial charge on any atom is 0.258 e. The van der Waals surface area contributed by atoms with Gasteiger partial charge in [0.05, 0.1) is 5.69 Å². The van der Waals surface area contributed by atoms with Crippen LogP contribution in [0.3, 0.4) is 0 Å². The van der Waals surface area contributed by atoms with Crippen LogP contribution in [0.25, 0.3) is 0 Å². The molecule has 1 aromatic carbocycles. The quantitative estimate of drug-likeness (QED) is 0.664. The van der Waals surface area contributed by atoms with Gasteiger partial charge in [0, 0.05) is 10.6 Å². The van der Waals surface area contributed by atoms with Gasteiger partial charge in [-0.2, -0.15) is 0 Å². The lowest BCUT2D eigenvalue weighted by Gasteiger charge is -2.05. The standard InChI is InChI=1S/C9H8ClNO2/c1-4-2-3-5(10)6-7(4)11-9(13)8(6)12/h2-3,8,12H,1H3,(H,11,13). The minimum Gasteiger partial charge on any atom is -0.378 e. The number of aliphatic hydroxyl groups is 1. The third kappa shape index (κ3) is 1.12. The van der Waals surface area contributed by atoms with Gasteiger partial charge < -0.3 is 10.4 Å². The Morgan fingerprint density at radius 2 is 2.23 bits per heavy atom. The highest BCUT2D eigenvalue weighted by molar-refractivity contribution is 6.32. The summed E-state index contributed by atoms with van der Waals surface area (Å²) in [6.07, 6.45) is -1.12. The minimum absolute atomic E-state index is 0.411. The van der Waals surface area contributed by atoms with E-state index in [1.807, 2.05) is 6.92 Å². The normalized spacial score (nSPS) is 19.9. The molecule has 1 aliphatic rings. The molecule has 1 unspecified atom stereocenters. The van der Waals surface area contributed by atoms with E-state index in [1.165, 1.54) is 0 Å². The molecule has 3 nitrogen and oxygen atoms in total. The van der Waals surface area contributed by atoms with E-state index in [0.29, 0.717) is 16.3 Å². The molecule has 13 heavy (non-hydrogen) atoms. The van der Waals surface area contributed by atoms with Crippen LogP contribution in [0.5, 0.6) is 0 Å². The average Bonchev–Trinajstić information content (AvgIpc) is 2.38. The molecule has 0 aliphatic carbocycles. The first-order valence-electron chi connectivity index (χ1n) is 3.89. The lowest BCUT2D eigenvalue weighted by atomic mass is 10.1. The summed E-state index contributed by atoms with van der Waals surface area (Å²) in [4.78, 5) is 11.1. The minimum atomic E-state index is -1.12. The Morgan fingerprint density at radius 3 is 2.85 bits per heavy atom. The highest BCUT2D eigenvalue weighted by Gasteiger charge is 2.31. The van der Waals surface area contributed by atoms with Crippen molar-refractivity contribution >= 4 is 23.2 Å². The van der Waals surface area contributed by atoms with Gasteiger partial charge in [0.1, 0.15) is 0 Å². The molecule has 0 radical (unpaired) electrons. The Balaban J connectivity index is 2.68. The van der Waals surface area contributed by atoms with Gasteiger partial charge in [-0.15, -0.1) is 0 Å². The summed E-state index contributed by atoms with van der Waals surface area (Å²) in [5.74, 6) is -0.411. The lowest BCUT2D eigenvalue weighted by molar-refractivity contribution is -0.123. The Labute approximate surface area is 80.3 Å². The van der Waals surface area contributed by atoms with Crippen molar-refractivity contribution in [3.63, 3.8) is 0 Å². The monoisotopic (exact) mass is 197 g/mol. The van der Waals surface area contributed by atoms with Crippen molar-refractivity contribution in [3.8, 4) is 0 Å². The SMILES string of the molecule is Cc1ccc(Cl)c2c1NC(=O)C2O. The number of nitrogens with one attached hydrogen (secondary N) is 1. The molecule has 0 saturated heterocycles. The van der Waals surface area contributed by atoms with Gasteiger partial charge in [-0.1, -0.05) is 17.7 Å². The van der Waals surface area contributed by atoms with Gasteiger partial charge in [-0.25, -0.2) is 0 Å². The van der Waals surface area contributed by atoms with Gasteiger partial charge >= 0.3 is 0 Å². The van der Waals surface area contributed by atoms with Crippen molar-refractivity contribution in [1.29, 1.82) is 0 Å². The molecule has 0 bridgehead atoms. The summed E-state index contributed by atoms with van der Waals surface area (Å²) in [6.45, 7) is 1.85. The van der Waals surface area contributed by atoms with Crippen LogP contribution in [0.2, 0.25) is 5.02 Å². The lowest BCUT2D eigenvalue weighted by Crippen LogP contribution is -2.10. The second-order valence-corrected chi connectivity index (χ2v) is 3.45. The van der Waals surface area contributed by atoms with E-state index in [-0.39, 0.29) is 0 Å². The predicted molar refractivity (Wildman–Crippen MR) is 49.8 cm³/mol. The number of carbonyl (C=O) groups excluding carboxylic acids is 1. The number of rotatable bonds is 0. The maximum absolute atomic E-state index is 11.1. The first kappa shape index (κ1) is 8.53. The average molecular weight is 198 g/mol. The van der Waals surface area contributed by atoms with Crippen LogP contribution in [0, 0.1) is 6.92 Å². The van der Waals surface area contributed by atoms with Crippen LogP contribution < -0.4 is 5.32 Å². The van der Waals surface area contributed by atoms with Crippen LogP contribution in [0.4, 0.5) is 5.69 Å². The van der Waals surface area contributed by atoms with E-state index in [4.69, 9.17) is 11.6 Å².